The van der Waals surface area contributed by atoms with E-state index >= 15 is 0 Å². The first-order valence-corrected chi connectivity index (χ1v) is 7.96. The summed E-state index contributed by atoms with van der Waals surface area (Å²) in [4.78, 5) is 2.55. The molecule has 0 saturated carbocycles. The van der Waals surface area contributed by atoms with E-state index in [0.717, 1.165) is 31.3 Å². The molecule has 20 heavy (non-hydrogen) atoms. The second kappa shape index (κ2) is 6.59. The summed E-state index contributed by atoms with van der Waals surface area (Å²) in [5.74, 6) is 1.77. The molecule has 1 aromatic carbocycles. The molecule has 0 spiro atoms. The Morgan fingerprint density at radius 1 is 1.20 bits per heavy atom. The fourth-order valence-corrected chi connectivity index (χ4v) is 3.51. The van der Waals surface area contributed by atoms with Crippen LogP contribution in [-0.2, 0) is 6.54 Å². The first kappa shape index (κ1) is 13.9. The van der Waals surface area contributed by atoms with E-state index in [4.69, 9.17) is 4.74 Å². The molecule has 2 fully saturated rings. The molecule has 0 bridgehead atoms. The van der Waals surface area contributed by atoms with Gasteiger partial charge in [0.2, 0.25) is 0 Å². The van der Waals surface area contributed by atoms with Gasteiger partial charge in [0.05, 0.1) is 7.11 Å². The number of methoxy groups -OCH3 is 1. The van der Waals surface area contributed by atoms with E-state index in [9.17, 15) is 0 Å². The Balaban J connectivity index is 1.78. The lowest BCUT2D eigenvalue weighted by Gasteiger charge is -2.24. The quantitative estimate of drug-likeness (QED) is 0.913. The smallest absolute Gasteiger partial charge is 0.123 e. The van der Waals surface area contributed by atoms with Crippen LogP contribution in [0, 0.1) is 0 Å². The summed E-state index contributed by atoms with van der Waals surface area (Å²) in [6.45, 7) is 5.82. The van der Waals surface area contributed by atoms with Crippen LogP contribution >= 0.6 is 0 Å². The minimum absolute atomic E-state index is 0.722. The molecule has 110 valence electrons. The zero-order valence-corrected chi connectivity index (χ0v) is 12.5. The molecule has 1 aromatic rings. The molecular formula is C17H26N2O. The molecule has 3 heteroatoms. The van der Waals surface area contributed by atoms with Crippen LogP contribution in [0.5, 0.6) is 5.75 Å². The van der Waals surface area contributed by atoms with Crippen LogP contribution in [-0.4, -0.2) is 38.2 Å². The molecule has 0 aromatic heterocycles. The number of nitrogens with one attached hydrogen (secondary N) is 1. The average Bonchev–Trinajstić information content (AvgIpc) is 3.01. The van der Waals surface area contributed by atoms with Crippen LogP contribution in [0.15, 0.2) is 18.2 Å². The Labute approximate surface area is 122 Å². The predicted molar refractivity (Wildman–Crippen MR) is 82.3 cm³/mol. The largest absolute Gasteiger partial charge is 0.496 e. The summed E-state index contributed by atoms with van der Waals surface area (Å²) in [6.07, 6.45) is 5.21. The molecular weight excluding hydrogens is 248 g/mol. The summed E-state index contributed by atoms with van der Waals surface area (Å²) in [7, 11) is 1.78. The minimum Gasteiger partial charge on any atom is -0.496 e. The van der Waals surface area contributed by atoms with Crippen molar-refractivity contribution in [1.29, 1.82) is 0 Å². The molecule has 2 aliphatic heterocycles. The number of nitrogens with zero attached hydrogens (tertiary/aromatic N) is 1. The Morgan fingerprint density at radius 3 is 2.65 bits per heavy atom. The lowest BCUT2D eigenvalue weighted by molar-refractivity contribution is 0.320. The van der Waals surface area contributed by atoms with E-state index in [1.54, 1.807) is 7.11 Å². The highest BCUT2D eigenvalue weighted by molar-refractivity contribution is 5.39. The molecule has 2 heterocycles. The summed E-state index contributed by atoms with van der Waals surface area (Å²) in [5, 5.41) is 3.45. The maximum Gasteiger partial charge on any atom is 0.123 e. The number of ether oxygens (including phenoxy) is 1. The number of hydrogen-bond donors (Lipinski definition) is 1. The normalized spacial score (nSPS) is 21.2. The molecule has 0 unspecified atom stereocenters. The standard InChI is InChI=1S/C17H26N2O/c1-20-17-5-4-15(14-6-8-18-9-7-14)12-16(17)13-19-10-2-3-11-19/h4-5,12,14,18H,2-3,6-11,13H2,1H3. The summed E-state index contributed by atoms with van der Waals surface area (Å²) in [5.41, 5.74) is 2.87. The summed E-state index contributed by atoms with van der Waals surface area (Å²) in [6, 6.07) is 6.83. The van der Waals surface area contributed by atoms with Crippen LogP contribution in [0.25, 0.3) is 0 Å². The van der Waals surface area contributed by atoms with Gasteiger partial charge in [-0.05, 0) is 69.4 Å². The summed E-state index contributed by atoms with van der Waals surface area (Å²) < 4.78 is 5.56. The fraction of sp³-hybridized carbons (Fsp3) is 0.647. The van der Waals surface area contributed by atoms with Crippen molar-refractivity contribution in [3.05, 3.63) is 29.3 Å². The lowest BCUT2D eigenvalue weighted by Crippen LogP contribution is -2.26. The monoisotopic (exact) mass is 274 g/mol. The van der Waals surface area contributed by atoms with Crippen molar-refractivity contribution in [2.45, 2.75) is 38.1 Å². The van der Waals surface area contributed by atoms with Crippen LogP contribution in [0.2, 0.25) is 0 Å². The van der Waals surface area contributed by atoms with Gasteiger partial charge in [0, 0.05) is 12.1 Å². The van der Waals surface area contributed by atoms with Crippen molar-refractivity contribution >= 4 is 0 Å². The first-order chi connectivity index (χ1) is 9.86. The van der Waals surface area contributed by atoms with Gasteiger partial charge in [-0.3, -0.25) is 4.90 Å². The van der Waals surface area contributed by atoms with Crippen molar-refractivity contribution in [2.24, 2.45) is 0 Å². The van der Waals surface area contributed by atoms with Gasteiger partial charge in [0.25, 0.3) is 0 Å². The number of hydrogen-bond acceptors (Lipinski definition) is 3. The fourth-order valence-electron chi connectivity index (χ4n) is 3.51. The van der Waals surface area contributed by atoms with Crippen LogP contribution < -0.4 is 10.1 Å². The minimum atomic E-state index is 0.722. The van der Waals surface area contributed by atoms with Crippen molar-refractivity contribution < 1.29 is 4.74 Å². The Bertz CT molecular complexity index is 435. The SMILES string of the molecule is COc1ccc(C2CCNCC2)cc1CN1CCCC1. The van der Waals surface area contributed by atoms with E-state index in [2.05, 4.69) is 28.4 Å². The highest BCUT2D eigenvalue weighted by Gasteiger charge is 2.18. The van der Waals surface area contributed by atoms with Crippen molar-refractivity contribution in [3.8, 4) is 5.75 Å². The van der Waals surface area contributed by atoms with E-state index < -0.39 is 0 Å². The molecule has 1 N–H and O–H groups in total. The average molecular weight is 274 g/mol. The van der Waals surface area contributed by atoms with Gasteiger partial charge < -0.3 is 10.1 Å². The molecule has 2 saturated heterocycles. The van der Waals surface area contributed by atoms with Gasteiger partial charge in [-0.2, -0.15) is 0 Å². The van der Waals surface area contributed by atoms with Crippen molar-refractivity contribution in [2.75, 3.05) is 33.3 Å². The third-order valence-corrected chi connectivity index (χ3v) is 4.71. The van der Waals surface area contributed by atoms with Crippen molar-refractivity contribution in [3.63, 3.8) is 0 Å². The van der Waals surface area contributed by atoms with E-state index in [1.165, 1.54) is 49.9 Å². The van der Waals surface area contributed by atoms with Crippen molar-refractivity contribution in [1.82, 2.24) is 10.2 Å². The zero-order chi connectivity index (χ0) is 13.8. The Hall–Kier alpha value is -1.06. The molecule has 0 aliphatic carbocycles. The van der Waals surface area contributed by atoms with E-state index in [0.29, 0.717) is 0 Å². The predicted octanol–water partition coefficient (Wildman–Crippen LogP) is 2.76. The highest BCUT2D eigenvalue weighted by Crippen LogP contribution is 2.30. The molecule has 3 nitrogen and oxygen atoms in total. The third-order valence-electron chi connectivity index (χ3n) is 4.71. The molecule has 0 atom stereocenters. The van der Waals surface area contributed by atoms with E-state index in [1.807, 2.05) is 0 Å². The Morgan fingerprint density at radius 2 is 1.95 bits per heavy atom. The number of piperidine rings is 1. The zero-order valence-electron chi connectivity index (χ0n) is 12.5. The van der Waals surface area contributed by atoms with Gasteiger partial charge in [0.15, 0.2) is 0 Å². The van der Waals surface area contributed by atoms with Gasteiger partial charge >= 0.3 is 0 Å². The lowest BCUT2D eigenvalue weighted by atomic mass is 9.89. The second-order valence-electron chi connectivity index (χ2n) is 6.08. The topological polar surface area (TPSA) is 24.5 Å². The highest BCUT2D eigenvalue weighted by atomic mass is 16.5. The number of benzene rings is 1. The van der Waals surface area contributed by atoms with Gasteiger partial charge in [0.1, 0.15) is 5.75 Å². The Kier molecular flexibility index (Phi) is 4.58. The third kappa shape index (κ3) is 3.15. The van der Waals surface area contributed by atoms with Gasteiger partial charge in [-0.25, -0.2) is 0 Å². The number of rotatable bonds is 4. The first-order valence-electron chi connectivity index (χ1n) is 7.96. The molecule has 3 rings (SSSR count). The molecule has 2 aliphatic rings. The molecule has 0 radical (unpaired) electrons. The molecule has 0 amide bonds. The van der Waals surface area contributed by atoms with Gasteiger partial charge in [-0.15, -0.1) is 0 Å². The number of likely N-dealkylation sites (tertiary alicyclic amines) is 1. The van der Waals surface area contributed by atoms with Crippen LogP contribution in [0.1, 0.15) is 42.7 Å². The maximum absolute atomic E-state index is 5.56. The van der Waals surface area contributed by atoms with Crippen LogP contribution in [0.4, 0.5) is 0 Å². The van der Waals surface area contributed by atoms with Crippen LogP contribution in [0.3, 0.4) is 0 Å². The summed E-state index contributed by atoms with van der Waals surface area (Å²) >= 11 is 0. The maximum atomic E-state index is 5.56. The van der Waals surface area contributed by atoms with E-state index in [-0.39, 0.29) is 0 Å². The van der Waals surface area contributed by atoms with Gasteiger partial charge in [-0.1, -0.05) is 12.1 Å². The second-order valence-corrected chi connectivity index (χ2v) is 6.08.